The maximum absolute atomic E-state index is 11.8. The molecule has 2 heterocycles. The highest BCUT2D eigenvalue weighted by molar-refractivity contribution is 5.95. The third-order valence-electron chi connectivity index (χ3n) is 3.55. The molecule has 3 amide bonds. The molecule has 8 heteroatoms. The molecule has 1 aromatic heterocycles. The van der Waals surface area contributed by atoms with Crippen molar-refractivity contribution in [1.82, 2.24) is 25.6 Å². The minimum atomic E-state index is -0.491. The molecule has 0 saturated carbocycles. The van der Waals surface area contributed by atoms with Crippen LogP contribution in [0.4, 0.5) is 4.79 Å². The molecule has 1 aromatic rings. The van der Waals surface area contributed by atoms with Crippen LogP contribution in [0.1, 0.15) is 11.5 Å². The molecule has 23 heavy (non-hydrogen) atoms. The molecule has 0 aromatic carbocycles. The fourth-order valence-electron chi connectivity index (χ4n) is 2.40. The topological polar surface area (TPSA) is 90.7 Å². The molecule has 0 bridgehead atoms. The van der Waals surface area contributed by atoms with Crippen LogP contribution >= 0.6 is 0 Å². The van der Waals surface area contributed by atoms with Gasteiger partial charge < -0.3 is 9.84 Å². The Morgan fingerprint density at radius 3 is 2.65 bits per heavy atom. The predicted molar refractivity (Wildman–Crippen MR) is 84.7 cm³/mol. The van der Waals surface area contributed by atoms with E-state index in [-0.39, 0.29) is 12.5 Å². The summed E-state index contributed by atoms with van der Waals surface area (Å²) in [7, 11) is 0. The summed E-state index contributed by atoms with van der Waals surface area (Å²) in [6, 6.07) is 1.44. The van der Waals surface area contributed by atoms with Gasteiger partial charge in [0.05, 0.1) is 18.8 Å². The maximum atomic E-state index is 11.8. The second-order valence-corrected chi connectivity index (χ2v) is 5.53. The largest absolute Gasteiger partial charge is 0.360 e. The van der Waals surface area contributed by atoms with Crippen LogP contribution in [-0.2, 0) is 11.3 Å². The molecule has 0 radical (unpaired) electrons. The average Bonchev–Trinajstić information content (AvgIpc) is 2.92. The van der Waals surface area contributed by atoms with Gasteiger partial charge in [0.15, 0.2) is 5.76 Å². The zero-order valence-corrected chi connectivity index (χ0v) is 13.4. The van der Waals surface area contributed by atoms with Crippen LogP contribution in [0, 0.1) is 6.92 Å². The van der Waals surface area contributed by atoms with Crippen LogP contribution in [0.3, 0.4) is 0 Å². The summed E-state index contributed by atoms with van der Waals surface area (Å²) in [6.07, 6.45) is 1.55. The third kappa shape index (κ3) is 5.84. The van der Waals surface area contributed by atoms with Crippen molar-refractivity contribution < 1.29 is 14.1 Å². The Kier molecular flexibility index (Phi) is 6.30. The monoisotopic (exact) mass is 321 g/mol. The molecule has 0 aliphatic carbocycles. The van der Waals surface area contributed by atoms with E-state index in [4.69, 9.17) is 4.52 Å². The summed E-state index contributed by atoms with van der Waals surface area (Å²) in [5.41, 5.74) is 0.880. The van der Waals surface area contributed by atoms with Gasteiger partial charge in [0.2, 0.25) is 5.91 Å². The summed E-state index contributed by atoms with van der Waals surface area (Å²) < 4.78 is 5.21. The quantitative estimate of drug-likeness (QED) is 0.723. The van der Waals surface area contributed by atoms with Crippen LogP contribution in [0.5, 0.6) is 0 Å². The van der Waals surface area contributed by atoms with E-state index in [1.54, 1.807) is 6.08 Å². The van der Waals surface area contributed by atoms with E-state index < -0.39 is 6.03 Å². The van der Waals surface area contributed by atoms with Crippen molar-refractivity contribution in [3.05, 3.63) is 30.2 Å². The smallest absolute Gasteiger partial charge is 0.321 e. The number of aryl methyl sites for hydroxylation is 1. The third-order valence-corrected chi connectivity index (χ3v) is 3.55. The number of imide groups is 1. The molecule has 2 rings (SSSR count). The summed E-state index contributed by atoms with van der Waals surface area (Å²) in [6.45, 7) is 9.90. The van der Waals surface area contributed by atoms with E-state index in [9.17, 15) is 9.59 Å². The van der Waals surface area contributed by atoms with Gasteiger partial charge in [0, 0.05) is 38.8 Å². The zero-order chi connectivity index (χ0) is 16.7. The minimum absolute atomic E-state index is 0.219. The number of hydrogen-bond donors (Lipinski definition) is 2. The lowest BCUT2D eigenvalue weighted by atomic mass is 10.3. The van der Waals surface area contributed by atoms with Crippen LogP contribution in [-0.4, -0.2) is 66.2 Å². The molecular weight excluding hydrogens is 298 g/mol. The standard InChI is InChI=1S/C15H23N5O3/c1-3-4-16-15(22)17-14(21)11-20-7-5-19(6-8-20)10-13-9-12(2)18-23-13/h3,9H,1,4-8,10-11H2,2H3,(H2,16,17,21,22). The number of nitrogens with zero attached hydrogens (tertiary/aromatic N) is 3. The molecule has 1 saturated heterocycles. The van der Waals surface area contributed by atoms with E-state index in [0.717, 1.165) is 44.2 Å². The minimum Gasteiger partial charge on any atom is -0.360 e. The van der Waals surface area contributed by atoms with Gasteiger partial charge in [-0.1, -0.05) is 11.2 Å². The molecule has 0 atom stereocenters. The lowest BCUT2D eigenvalue weighted by Crippen LogP contribution is -2.50. The number of amides is 3. The summed E-state index contributed by atoms with van der Waals surface area (Å²) in [4.78, 5) is 27.4. The Hall–Kier alpha value is -2.19. The van der Waals surface area contributed by atoms with Gasteiger partial charge in [0.1, 0.15) is 0 Å². The van der Waals surface area contributed by atoms with Crippen LogP contribution in [0.25, 0.3) is 0 Å². The first-order valence-electron chi connectivity index (χ1n) is 7.62. The van der Waals surface area contributed by atoms with Crippen molar-refractivity contribution in [2.45, 2.75) is 13.5 Å². The Morgan fingerprint density at radius 2 is 2.04 bits per heavy atom. The highest BCUT2D eigenvalue weighted by atomic mass is 16.5. The molecule has 2 N–H and O–H groups in total. The lowest BCUT2D eigenvalue weighted by molar-refractivity contribution is -0.121. The fraction of sp³-hybridized carbons (Fsp3) is 0.533. The lowest BCUT2D eigenvalue weighted by Gasteiger charge is -2.33. The number of rotatable bonds is 6. The van der Waals surface area contributed by atoms with Gasteiger partial charge in [-0.3, -0.25) is 19.9 Å². The molecule has 0 spiro atoms. The first kappa shape index (κ1) is 17.2. The number of carbonyl (C=O) groups excluding carboxylic acids is 2. The molecule has 0 unspecified atom stereocenters. The predicted octanol–water partition coefficient (Wildman–Crippen LogP) is 0.112. The molecule has 8 nitrogen and oxygen atoms in total. The number of piperazine rings is 1. The molecule has 1 aliphatic heterocycles. The van der Waals surface area contributed by atoms with E-state index in [1.165, 1.54) is 0 Å². The second-order valence-electron chi connectivity index (χ2n) is 5.53. The summed E-state index contributed by atoms with van der Waals surface area (Å²) in [5.74, 6) is 0.554. The number of hydrogen-bond acceptors (Lipinski definition) is 6. The van der Waals surface area contributed by atoms with Gasteiger partial charge in [0.25, 0.3) is 0 Å². The number of nitrogens with one attached hydrogen (secondary N) is 2. The van der Waals surface area contributed by atoms with Crippen molar-refractivity contribution in [1.29, 1.82) is 0 Å². The number of urea groups is 1. The van der Waals surface area contributed by atoms with E-state index in [2.05, 4.69) is 27.3 Å². The Balaban J connectivity index is 1.67. The van der Waals surface area contributed by atoms with Crippen molar-refractivity contribution in [2.75, 3.05) is 39.3 Å². The van der Waals surface area contributed by atoms with Crippen molar-refractivity contribution >= 4 is 11.9 Å². The molecule has 126 valence electrons. The van der Waals surface area contributed by atoms with Gasteiger partial charge in [-0.15, -0.1) is 6.58 Å². The van der Waals surface area contributed by atoms with Crippen molar-refractivity contribution in [3.8, 4) is 0 Å². The molecular formula is C15H23N5O3. The molecule has 1 aliphatic rings. The highest BCUT2D eigenvalue weighted by Gasteiger charge is 2.20. The number of aromatic nitrogens is 1. The van der Waals surface area contributed by atoms with Crippen molar-refractivity contribution in [2.24, 2.45) is 0 Å². The van der Waals surface area contributed by atoms with E-state index >= 15 is 0 Å². The van der Waals surface area contributed by atoms with Crippen molar-refractivity contribution in [3.63, 3.8) is 0 Å². The SMILES string of the molecule is C=CCNC(=O)NC(=O)CN1CCN(Cc2cc(C)no2)CC1. The second kappa shape index (κ2) is 8.44. The zero-order valence-electron chi connectivity index (χ0n) is 13.4. The highest BCUT2D eigenvalue weighted by Crippen LogP contribution is 2.09. The first-order chi connectivity index (χ1) is 11.1. The van der Waals surface area contributed by atoms with Gasteiger partial charge in [-0.25, -0.2) is 4.79 Å². The normalized spacial score (nSPS) is 16.0. The Labute approximate surface area is 135 Å². The Bertz CT molecular complexity index is 549. The fourth-order valence-corrected chi connectivity index (χ4v) is 2.40. The van der Waals surface area contributed by atoms with Gasteiger partial charge in [-0.05, 0) is 6.92 Å². The Morgan fingerprint density at radius 1 is 1.35 bits per heavy atom. The van der Waals surface area contributed by atoms with Crippen LogP contribution in [0.2, 0.25) is 0 Å². The molecule has 1 fully saturated rings. The van der Waals surface area contributed by atoms with Gasteiger partial charge in [-0.2, -0.15) is 0 Å². The van der Waals surface area contributed by atoms with E-state index in [0.29, 0.717) is 6.54 Å². The van der Waals surface area contributed by atoms with Crippen LogP contribution in [0.15, 0.2) is 23.2 Å². The maximum Gasteiger partial charge on any atom is 0.321 e. The average molecular weight is 321 g/mol. The van der Waals surface area contributed by atoms with E-state index in [1.807, 2.05) is 17.9 Å². The summed E-state index contributed by atoms with van der Waals surface area (Å²) in [5, 5.41) is 8.68. The van der Waals surface area contributed by atoms with Gasteiger partial charge >= 0.3 is 6.03 Å². The number of carbonyl (C=O) groups is 2. The van der Waals surface area contributed by atoms with Crippen LogP contribution < -0.4 is 10.6 Å². The first-order valence-corrected chi connectivity index (χ1v) is 7.62. The summed E-state index contributed by atoms with van der Waals surface area (Å²) >= 11 is 0.